The molecule has 0 heterocycles. The molecule has 0 radical (unpaired) electrons. The second-order valence-electron chi connectivity index (χ2n) is 5.25. The first-order valence-electron chi connectivity index (χ1n) is 6.89. The van der Waals surface area contributed by atoms with Crippen molar-refractivity contribution >= 4 is 5.91 Å². The monoisotopic (exact) mass is 301 g/mol. The number of halogens is 3. The van der Waals surface area contributed by atoms with E-state index in [-0.39, 0.29) is 12.5 Å². The molecule has 2 rings (SSSR count). The third-order valence-corrected chi connectivity index (χ3v) is 3.70. The van der Waals surface area contributed by atoms with Crippen LogP contribution in [0.5, 0.6) is 5.75 Å². The number of methoxy groups -OCH3 is 1. The van der Waals surface area contributed by atoms with Crippen LogP contribution in [0.1, 0.15) is 36.3 Å². The molecule has 3 nitrogen and oxygen atoms in total. The predicted molar refractivity (Wildman–Crippen MR) is 72.4 cm³/mol. The van der Waals surface area contributed by atoms with Crippen LogP contribution in [0.3, 0.4) is 0 Å². The van der Waals surface area contributed by atoms with Gasteiger partial charge in [0.15, 0.2) is 0 Å². The van der Waals surface area contributed by atoms with Gasteiger partial charge in [-0.15, -0.1) is 0 Å². The molecule has 0 bridgehead atoms. The lowest BCUT2D eigenvalue weighted by atomic mass is 9.82. The van der Waals surface area contributed by atoms with Crippen molar-refractivity contribution in [3.63, 3.8) is 0 Å². The highest BCUT2D eigenvalue weighted by Gasteiger charge is 2.31. The number of amides is 1. The summed E-state index contributed by atoms with van der Waals surface area (Å²) in [4.78, 5) is 11.3. The van der Waals surface area contributed by atoms with Gasteiger partial charge in [0.2, 0.25) is 5.91 Å². The van der Waals surface area contributed by atoms with Gasteiger partial charge in [-0.1, -0.05) is 6.07 Å². The largest absolute Gasteiger partial charge is 0.497 e. The Hall–Kier alpha value is -1.72. The number of carbonyl (C=O) groups is 1. The zero-order valence-corrected chi connectivity index (χ0v) is 11.8. The molecule has 1 N–H and O–H groups in total. The molecule has 1 aromatic rings. The molecule has 21 heavy (non-hydrogen) atoms. The average Bonchev–Trinajstić information content (AvgIpc) is 2.42. The van der Waals surface area contributed by atoms with Crippen LogP contribution in [0.25, 0.3) is 0 Å². The van der Waals surface area contributed by atoms with Gasteiger partial charge in [-0.05, 0) is 42.5 Å². The van der Waals surface area contributed by atoms with Crippen LogP contribution in [-0.2, 0) is 11.2 Å². The molecule has 0 unspecified atom stereocenters. The van der Waals surface area contributed by atoms with Crippen molar-refractivity contribution in [2.45, 2.75) is 37.8 Å². The minimum atomic E-state index is -4.46. The fraction of sp³-hybridized carbons (Fsp3) is 0.533. The molecular weight excluding hydrogens is 283 g/mol. The molecule has 1 aliphatic rings. The summed E-state index contributed by atoms with van der Waals surface area (Å²) >= 11 is 0. The van der Waals surface area contributed by atoms with E-state index in [0.717, 1.165) is 36.1 Å². The maximum atomic E-state index is 12.1. The molecule has 6 heteroatoms. The fourth-order valence-electron chi connectivity index (χ4n) is 2.71. The molecule has 1 aliphatic carbocycles. The van der Waals surface area contributed by atoms with Crippen molar-refractivity contribution < 1.29 is 22.7 Å². The summed E-state index contributed by atoms with van der Waals surface area (Å²) in [6.07, 6.45) is -3.12. The maximum Gasteiger partial charge on any atom is 0.397 e. The normalized spacial score (nSPS) is 18.0. The SMILES string of the molecule is COc1ccc2c(c1)CCC[C@@H]2CNC(=O)CC(F)(F)F. The minimum Gasteiger partial charge on any atom is -0.497 e. The van der Waals surface area contributed by atoms with Crippen molar-refractivity contribution in [3.05, 3.63) is 29.3 Å². The number of ether oxygens (including phenoxy) is 1. The maximum absolute atomic E-state index is 12.1. The van der Waals surface area contributed by atoms with E-state index in [0.29, 0.717) is 0 Å². The van der Waals surface area contributed by atoms with Gasteiger partial charge in [0, 0.05) is 12.5 Å². The van der Waals surface area contributed by atoms with E-state index in [2.05, 4.69) is 5.32 Å². The van der Waals surface area contributed by atoms with Gasteiger partial charge in [0.05, 0.1) is 7.11 Å². The van der Waals surface area contributed by atoms with Gasteiger partial charge in [-0.3, -0.25) is 4.79 Å². The molecule has 0 saturated heterocycles. The first-order valence-corrected chi connectivity index (χ1v) is 6.89. The van der Waals surface area contributed by atoms with Gasteiger partial charge >= 0.3 is 6.18 Å². The second kappa shape index (κ2) is 6.37. The van der Waals surface area contributed by atoms with E-state index in [4.69, 9.17) is 4.74 Å². The van der Waals surface area contributed by atoms with Gasteiger partial charge in [0.1, 0.15) is 12.2 Å². The van der Waals surface area contributed by atoms with Gasteiger partial charge in [-0.2, -0.15) is 13.2 Å². The third kappa shape index (κ3) is 4.37. The first-order chi connectivity index (χ1) is 9.89. The molecule has 0 fully saturated rings. The van der Waals surface area contributed by atoms with E-state index < -0.39 is 18.5 Å². The summed E-state index contributed by atoms with van der Waals surface area (Å²) in [6, 6.07) is 5.74. The zero-order valence-electron chi connectivity index (χ0n) is 11.8. The Morgan fingerprint density at radius 3 is 2.86 bits per heavy atom. The molecule has 0 aromatic heterocycles. The van der Waals surface area contributed by atoms with Crippen LogP contribution in [0.2, 0.25) is 0 Å². The highest BCUT2D eigenvalue weighted by Crippen LogP contribution is 2.33. The number of benzene rings is 1. The van der Waals surface area contributed by atoms with Crippen molar-refractivity contribution in [2.24, 2.45) is 0 Å². The Morgan fingerprint density at radius 1 is 1.43 bits per heavy atom. The van der Waals surface area contributed by atoms with Gasteiger partial charge in [0.25, 0.3) is 0 Å². The van der Waals surface area contributed by atoms with Crippen molar-refractivity contribution in [1.29, 1.82) is 0 Å². The summed E-state index contributed by atoms with van der Waals surface area (Å²) in [5.41, 5.74) is 2.24. The summed E-state index contributed by atoms with van der Waals surface area (Å²) in [5.74, 6) is -0.129. The highest BCUT2D eigenvalue weighted by atomic mass is 19.4. The number of fused-ring (bicyclic) bond motifs is 1. The van der Waals surface area contributed by atoms with Gasteiger partial charge < -0.3 is 10.1 Å². The molecule has 1 amide bonds. The lowest BCUT2D eigenvalue weighted by Crippen LogP contribution is -2.32. The van der Waals surface area contributed by atoms with Crippen LogP contribution < -0.4 is 10.1 Å². The number of hydrogen-bond acceptors (Lipinski definition) is 2. The van der Waals surface area contributed by atoms with Crippen molar-refractivity contribution in [3.8, 4) is 5.75 Å². The van der Waals surface area contributed by atoms with E-state index in [9.17, 15) is 18.0 Å². The topological polar surface area (TPSA) is 38.3 Å². The molecule has 0 spiro atoms. The highest BCUT2D eigenvalue weighted by molar-refractivity contribution is 5.76. The van der Waals surface area contributed by atoms with Crippen LogP contribution in [0.15, 0.2) is 18.2 Å². The van der Waals surface area contributed by atoms with E-state index in [1.165, 1.54) is 0 Å². The molecule has 0 saturated carbocycles. The molecule has 116 valence electrons. The van der Waals surface area contributed by atoms with Crippen molar-refractivity contribution in [2.75, 3.05) is 13.7 Å². The van der Waals surface area contributed by atoms with Gasteiger partial charge in [-0.25, -0.2) is 0 Å². The smallest absolute Gasteiger partial charge is 0.397 e. The summed E-state index contributed by atoms with van der Waals surface area (Å²) in [6.45, 7) is 0.244. The molecule has 0 aliphatic heterocycles. The van der Waals surface area contributed by atoms with Crippen molar-refractivity contribution in [1.82, 2.24) is 5.32 Å². The number of rotatable bonds is 4. The quantitative estimate of drug-likeness (QED) is 0.927. The Balaban J connectivity index is 1.99. The molecule has 1 aromatic carbocycles. The summed E-state index contributed by atoms with van der Waals surface area (Å²) < 4.78 is 41.5. The van der Waals surface area contributed by atoms with Crippen LogP contribution in [-0.4, -0.2) is 25.7 Å². The van der Waals surface area contributed by atoms with Crippen LogP contribution in [0.4, 0.5) is 13.2 Å². The van der Waals surface area contributed by atoms with E-state index in [1.807, 2.05) is 18.2 Å². The minimum absolute atomic E-state index is 0.0665. The summed E-state index contributed by atoms with van der Waals surface area (Å²) in [5, 5.41) is 2.39. The second-order valence-corrected chi connectivity index (χ2v) is 5.25. The standard InChI is InChI=1S/C15H18F3NO2/c1-21-12-5-6-13-10(7-12)3-2-4-11(13)9-19-14(20)8-15(16,17)18/h5-7,11H,2-4,8-9H2,1H3,(H,19,20)/t11-/m1/s1. The molecule has 1 atom stereocenters. The lowest BCUT2D eigenvalue weighted by Gasteiger charge is -2.26. The Labute approximate surface area is 121 Å². The Morgan fingerprint density at radius 2 is 2.19 bits per heavy atom. The van der Waals surface area contributed by atoms with Crippen LogP contribution in [0, 0.1) is 0 Å². The number of aryl methyl sites for hydroxylation is 1. The van der Waals surface area contributed by atoms with E-state index >= 15 is 0 Å². The first kappa shape index (κ1) is 15.7. The average molecular weight is 301 g/mol. The zero-order chi connectivity index (χ0) is 15.5. The Bertz CT molecular complexity index is 514. The number of nitrogens with one attached hydrogen (secondary N) is 1. The Kier molecular flexibility index (Phi) is 4.75. The predicted octanol–water partition coefficient (Wildman–Crippen LogP) is 3.18. The fourth-order valence-corrected chi connectivity index (χ4v) is 2.71. The third-order valence-electron chi connectivity index (χ3n) is 3.70. The van der Waals surface area contributed by atoms with E-state index in [1.54, 1.807) is 7.11 Å². The molecular formula is C15H18F3NO2. The number of carbonyl (C=O) groups excluding carboxylic acids is 1. The van der Waals surface area contributed by atoms with Crippen LogP contribution >= 0.6 is 0 Å². The number of alkyl halides is 3. The summed E-state index contributed by atoms with van der Waals surface area (Å²) in [7, 11) is 1.60. The number of hydrogen-bond donors (Lipinski definition) is 1. The lowest BCUT2D eigenvalue weighted by molar-refractivity contribution is -0.153.